The van der Waals surface area contributed by atoms with Crippen LogP contribution >= 0.6 is 12.4 Å². The molecule has 6 nitrogen and oxygen atoms in total. The van der Waals surface area contributed by atoms with Gasteiger partial charge >= 0.3 is 5.97 Å². The third-order valence-electron chi connectivity index (χ3n) is 4.05. The van der Waals surface area contributed by atoms with E-state index in [1.165, 1.54) is 16.4 Å². The van der Waals surface area contributed by atoms with Crippen LogP contribution in [0, 0.1) is 11.7 Å². The molecule has 0 radical (unpaired) electrons. The summed E-state index contributed by atoms with van der Waals surface area (Å²) in [6, 6.07) is 3.57. The monoisotopic (exact) mass is 380 g/mol. The van der Waals surface area contributed by atoms with E-state index in [1.54, 1.807) is 0 Å². The number of hydrogen-bond donors (Lipinski definition) is 1. The molecule has 0 unspecified atom stereocenters. The number of carbonyl (C=O) groups excluding carboxylic acids is 1. The first-order chi connectivity index (χ1) is 10.9. The Kier molecular flexibility index (Phi) is 7.59. The zero-order valence-corrected chi connectivity index (χ0v) is 15.3. The van der Waals surface area contributed by atoms with Gasteiger partial charge in [0.05, 0.1) is 12.0 Å². The molecular formula is C15H22ClFN2O4S. The molecule has 0 atom stereocenters. The molecule has 1 saturated heterocycles. The van der Waals surface area contributed by atoms with Crippen LogP contribution < -0.4 is 5.32 Å². The van der Waals surface area contributed by atoms with Gasteiger partial charge in [-0.1, -0.05) is 6.07 Å². The van der Waals surface area contributed by atoms with Gasteiger partial charge in [-0.2, -0.15) is 4.31 Å². The summed E-state index contributed by atoms with van der Waals surface area (Å²) in [6.07, 6.45) is 1.45. The highest BCUT2D eigenvalue weighted by molar-refractivity contribution is 7.89. The van der Waals surface area contributed by atoms with E-state index in [0.29, 0.717) is 19.0 Å². The minimum absolute atomic E-state index is 0. The summed E-state index contributed by atoms with van der Waals surface area (Å²) in [5, 5.41) is 3.08. The number of carbonyl (C=O) groups is 1. The zero-order chi connectivity index (χ0) is 17.0. The first kappa shape index (κ1) is 20.8. The summed E-state index contributed by atoms with van der Waals surface area (Å²) in [7, 11) is -0.985. The normalized spacial score (nSPS) is 16.5. The van der Waals surface area contributed by atoms with Gasteiger partial charge in [-0.05, 0) is 44.5 Å². The molecule has 1 fully saturated rings. The summed E-state index contributed by atoms with van der Waals surface area (Å²) in [6.45, 7) is 1.54. The van der Waals surface area contributed by atoms with E-state index in [1.807, 2.05) is 7.05 Å². The molecule has 0 spiro atoms. The molecule has 1 heterocycles. The maximum absolute atomic E-state index is 14.0. The highest BCUT2D eigenvalue weighted by Gasteiger charge is 2.33. The standard InChI is InChI=1S/C15H21FN2O4S.ClH/c1-17-10-11-6-8-18(9-7-11)23(20,21)13-5-3-4-12(16)14(13)15(19)22-2;/h3-5,11,17H,6-10H2,1-2H3;1H. The molecule has 0 saturated carbocycles. The molecule has 1 aromatic carbocycles. The van der Waals surface area contributed by atoms with E-state index in [0.717, 1.165) is 32.6 Å². The van der Waals surface area contributed by atoms with Gasteiger partial charge in [0.2, 0.25) is 10.0 Å². The first-order valence-corrected chi connectivity index (χ1v) is 8.87. The van der Waals surface area contributed by atoms with Crippen molar-refractivity contribution in [2.24, 2.45) is 5.92 Å². The molecule has 0 bridgehead atoms. The number of hydrogen-bond acceptors (Lipinski definition) is 5. The highest BCUT2D eigenvalue weighted by atomic mass is 35.5. The van der Waals surface area contributed by atoms with Gasteiger partial charge in [-0.15, -0.1) is 12.4 Å². The largest absolute Gasteiger partial charge is 0.465 e. The van der Waals surface area contributed by atoms with Crippen LogP contribution in [-0.4, -0.2) is 52.5 Å². The molecule has 136 valence electrons. The fourth-order valence-corrected chi connectivity index (χ4v) is 4.46. The molecule has 1 aromatic rings. The third-order valence-corrected chi connectivity index (χ3v) is 5.99. The smallest absolute Gasteiger partial charge is 0.342 e. The second kappa shape index (κ2) is 8.75. The molecule has 0 amide bonds. The van der Waals surface area contributed by atoms with Crippen molar-refractivity contribution in [2.75, 3.05) is 33.8 Å². The average Bonchev–Trinajstić information content (AvgIpc) is 2.54. The lowest BCUT2D eigenvalue weighted by Gasteiger charge is -2.31. The lowest BCUT2D eigenvalue weighted by molar-refractivity contribution is 0.0590. The highest BCUT2D eigenvalue weighted by Crippen LogP contribution is 2.27. The van der Waals surface area contributed by atoms with Crippen molar-refractivity contribution < 1.29 is 22.3 Å². The molecule has 2 rings (SSSR count). The zero-order valence-electron chi connectivity index (χ0n) is 13.6. The summed E-state index contributed by atoms with van der Waals surface area (Å²) in [5.74, 6) is -1.48. The number of methoxy groups -OCH3 is 1. The van der Waals surface area contributed by atoms with Crippen LogP contribution in [0.25, 0.3) is 0 Å². The Balaban J connectivity index is 0.00000288. The van der Waals surface area contributed by atoms with E-state index in [4.69, 9.17) is 0 Å². The van der Waals surface area contributed by atoms with Crippen molar-refractivity contribution in [3.05, 3.63) is 29.6 Å². The van der Waals surface area contributed by atoms with Crippen LogP contribution in [0.5, 0.6) is 0 Å². The summed E-state index contributed by atoms with van der Waals surface area (Å²) in [5.41, 5.74) is -0.535. The van der Waals surface area contributed by atoms with Gasteiger partial charge < -0.3 is 10.1 Å². The fourth-order valence-electron chi connectivity index (χ4n) is 2.80. The lowest BCUT2D eigenvalue weighted by Crippen LogP contribution is -2.40. The Hall–Kier alpha value is -1.22. The summed E-state index contributed by atoms with van der Waals surface area (Å²) >= 11 is 0. The molecule has 9 heteroatoms. The van der Waals surface area contributed by atoms with Crippen LogP contribution in [0.3, 0.4) is 0 Å². The number of benzene rings is 1. The number of piperidine rings is 1. The predicted octanol–water partition coefficient (Wildman–Crippen LogP) is 1.65. The Bertz CT molecular complexity index is 676. The van der Waals surface area contributed by atoms with Crippen molar-refractivity contribution in [3.63, 3.8) is 0 Å². The van der Waals surface area contributed by atoms with Crippen molar-refractivity contribution in [1.82, 2.24) is 9.62 Å². The maximum Gasteiger partial charge on any atom is 0.342 e. The Morgan fingerprint density at radius 1 is 1.38 bits per heavy atom. The minimum Gasteiger partial charge on any atom is -0.465 e. The number of sulfonamides is 1. The van der Waals surface area contributed by atoms with Gasteiger partial charge in [0, 0.05) is 13.1 Å². The summed E-state index contributed by atoms with van der Waals surface area (Å²) in [4.78, 5) is 11.4. The molecule has 1 N–H and O–H groups in total. The van der Waals surface area contributed by atoms with E-state index < -0.39 is 27.4 Å². The minimum atomic E-state index is -3.94. The number of nitrogens with zero attached hydrogens (tertiary/aromatic N) is 1. The van der Waals surface area contributed by atoms with Crippen LogP contribution in [0.2, 0.25) is 0 Å². The molecule has 24 heavy (non-hydrogen) atoms. The van der Waals surface area contributed by atoms with E-state index in [9.17, 15) is 17.6 Å². The molecule has 0 aliphatic carbocycles. The van der Waals surface area contributed by atoms with Crippen molar-refractivity contribution in [3.8, 4) is 0 Å². The molecular weight excluding hydrogens is 359 g/mol. The second-order valence-corrected chi connectivity index (χ2v) is 7.42. The predicted molar refractivity (Wildman–Crippen MR) is 90.4 cm³/mol. The fraction of sp³-hybridized carbons (Fsp3) is 0.533. The quantitative estimate of drug-likeness (QED) is 0.786. The molecule has 1 aliphatic rings. The Morgan fingerprint density at radius 2 is 2.00 bits per heavy atom. The van der Waals surface area contributed by atoms with Crippen molar-refractivity contribution >= 4 is 28.4 Å². The van der Waals surface area contributed by atoms with E-state index >= 15 is 0 Å². The van der Waals surface area contributed by atoms with Crippen LogP contribution in [0.15, 0.2) is 23.1 Å². The Labute approximate surface area is 147 Å². The maximum atomic E-state index is 14.0. The second-order valence-electron chi connectivity index (χ2n) is 5.51. The van der Waals surface area contributed by atoms with Crippen molar-refractivity contribution in [2.45, 2.75) is 17.7 Å². The SMILES string of the molecule is CNCC1CCN(S(=O)(=O)c2cccc(F)c2C(=O)OC)CC1.Cl. The molecule has 0 aromatic heterocycles. The topological polar surface area (TPSA) is 75.7 Å². The average molecular weight is 381 g/mol. The first-order valence-electron chi connectivity index (χ1n) is 7.43. The van der Waals surface area contributed by atoms with E-state index in [-0.39, 0.29) is 17.3 Å². The number of ether oxygens (including phenoxy) is 1. The van der Waals surface area contributed by atoms with Crippen LogP contribution in [0.1, 0.15) is 23.2 Å². The number of esters is 1. The number of rotatable bonds is 5. The van der Waals surface area contributed by atoms with Gasteiger partial charge in [0.1, 0.15) is 11.4 Å². The van der Waals surface area contributed by atoms with E-state index in [2.05, 4.69) is 10.1 Å². The van der Waals surface area contributed by atoms with Crippen LogP contribution in [0.4, 0.5) is 4.39 Å². The van der Waals surface area contributed by atoms with Gasteiger partial charge in [-0.25, -0.2) is 17.6 Å². The Morgan fingerprint density at radius 3 is 2.54 bits per heavy atom. The van der Waals surface area contributed by atoms with Crippen LogP contribution in [-0.2, 0) is 14.8 Å². The van der Waals surface area contributed by atoms with Crippen molar-refractivity contribution in [1.29, 1.82) is 0 Å². The van der Waals surface area contributed by atoms with Gasteiger partial charge in [-0.3, -0.25) is 0 Å². The number of halogens is 2. The van der Waals surface area contributed by atoms with Gasteiger partial charge in [0.25, 0.3) is 0 Å². The third kappa shape index (κ3) is 4.24. The summed E-state index contributed by atoms with van der Waals surface area (Å²) < 4.78 is 45.3. The number of nitrogens with one attached hydrogen (secondary N) is 1. The molecule has 1 aliphatic heterocycles. The van der Waals surface area contributed by atoms with Gasteiger partial charge in [0.15, 0.2) is 0 Å². The lowest BCUT2D eigenvalue weighted by atomic mass is 9.98.